The van der Waals surface area contributed by atoms with Gasteiger partial charge in [-0.1, -0.05) is 28.1 Å². The molecule has 2 N–H and O–H groups in total. The Morgan fingerprint density at radius 1 is 1.17 bits per heavy atom. The Balaban J connectivity index is 1.85. The normalized spacial score (nSPS) is 10.3. The van der Waals surface area contributed by atoms with Crippen LogP contribution in [0, 0.1) is 6.92 Å². The van der Waals surface area contributed by atoms with Gasteiger partial charge in [0.05, 0.1) is 5.69 Å². The summed E-state index contributed by atoms with van der Waals surface area (Å²) in [5.41, 5.74) is 3.15. The fourth-order valence-corrected chi connectivity index (χ4v) is 3.50. The molecular weight excluding hydrogens is 434 g/mol. The molecule has 0 atom stereocenters. The SMILES string of the molecule is CCN(CCNC(=O)Nc1ccc(Br)cc1Br)c1cccc(C)c1. The molecule has 0 unspecified atom stereocenters. The molecule has 0 aliphatic heterocycles. The molecule has 6 heteroatoms. The molecule has 2 aromatic rings. The molecule has 0 aliphatic rings. The molecule has 0 radical (unpaired) electrons. The highest BCUT2D eigenvalue weighted by molar-refractivity contribution is 9.11. The van der Waals surface area contributed by atoms with Gasteiger partial charge in [-0.05, 0) is 65.7 Å². The predicted octanol–water partition coefficient (Wildman–Crippen LogP) is 5.17. The van der Waals surface area contributed by atoms with Crippen molar-refractivity contribution in [2.75, 3.05) is 29.9 Å². The lowest BCUT2D eigenvalue weighted by molar-refractivity contribution is 0.252. The number of carbonyl (C=O) groups excluding carboxylic acids is 1. The Morgan fingerprint density at radius 3 is 2.62 bits per heavy atom. The van der Waals surface area contributed by atoms with Crippen LogP contribution >= 0.6 is 31.9 Å². The van der Waals surface area contributed by atoms with Crippen LogP contribution in [0.15, 0.2) is 51.4 Å². The number of anilines is 2. The number of aryl methyl sites for hydroxylation is 1. The summed E-state index contributed by atoms with van der Waals surface area (Å²) in [4.78, 5) is 14.3. The summed E-state index contributed by atoms with van der Waals surface area (Å²) >= 11 is 6.83. The maximum Gasteiger partial charge on any atom is 0.319 e. The maximum absolute atomic E-state index is 12.0. The Kier molecular flexibility index (Phi) is 7.12. The molecule has 0 saturated heterocycles. The first-order valence-electron chi connectivity index (χ1n) is 7.81. The van der Waals surface area contributed by atoms with Crippen molar-refractivity contribution in [3.05, 3.63) is 57.0 Å². The fraction of sp³-hybridized carbons (Fsp3) is 0.278. The van der Waals surface area contributed by atoms with E-state index in [-0.39, 0.29) is 6.03 Å². The van der Waals surface area contributed by atoms with Gasteiger partial charge in [-0.2, -0.15) is 0 Å². The molecule has 0 spiro atoms. The molecule has 128 valence electrons. The zero-order chi connectivity index (χ0) is 17.5. The standard InChI is InChI=1S/C18H21Br2N3O/c1-3-23(15-6-4-5-13(2)11-15)10-9-21-18(24)22-17-8-7-14(19)12-16(17)20/h4-8,11-12H,3,9-10H2,1-2H3,(H2,21,22,24). The van der Waals surface area contributed by atoms with E-state index in [9.17, 15) is 4.79 Å². The number of halogens is 2. The molecule has 2 rings (SSSR count). The highest BCUT2D eigenvalue weighted by Gasteiger charge is 2.07. The quantitative estimate of drug-likeness (QED) is 0.632. The van der Waals surface area contributed by atoms with Gasteiger partial charge >= 0.3 is 6.03 Å². The number of nitrogens with one attached hydrogen (secondary N) is 2. The first-order chi connectivity index (χ1) is 11.5. The van der Waals surface area contributed by atoms with Gasteiger partial charge in [0.25, 0.3) is 0 Å². The van der Waals surface area contributed by atoms with E-state index in [1.54, 1.807) is 0 Å². The number of nitrogens with zero attached hydrogens (tertiary/aromatic N) is 1. The topological polar surface area (TPSA) is 44.4 Å². The van der Waals surface area contributed by atoms with E-state index in [1.807, 2.05) is 18.2 Å². The number of benzene rings is 2. The Labute approximate surface area is 159 Å². The highest BCUT2D eigenvalue weighted by Crippen LogP contribution is 2.26. The van der Waals surface area contributed by atoms with Crippen LogP contribution < -0.4 is 15.5 Å². The third-order valence-corrected chi connectivity index (χ3v) is 4.74. The lowest BCUT2D eigenvalue weighted by Gasteiger charge is -2.23. The van der Waals surface area contributed by atoms with Crippen molar-refractivity contribution in [3.8, 4) is 0 Å². The van der Waals surface area contributed by atoms with Gasteiger partial charge in [-0.25, -0.2) is 4.79 Å². The van der Waals surface area contributed by atoms with Crippen LogP contribution in [0.4, 0.5) is 16.2 Å². The van der Waals surface area contributed by atoms with Gasteiger partial charge in [0, 0.05) is 34.3 Å². The van der Waals surface area contributed by atoms with Gasteiger partial charge in [0.15, 0.2) is 0 Å². The van der Waals surface area contributed by atoms with Crippen molar-refractivity contribution in [3.63, 3.8) is 0 Å². The Bertz CT molecular complexity index is 706. The number of hydrogen-bond acceptors (Lipinski definition) is 2. The maximum atomic E-state index is 12.0. The number of hydrogen-bond donors (Lipinski definition) is 2. The van der Waals surface area contributed by atoms with Crippen molar-refractivity contribution in [1.29, 1.82) is 0 Å². The number of rotatable bonds is 6. The summed E-state index contributed by atoms with van der Waals surface area (Å²) in [7, 11) is 0. The highest BCUT2D eigenvalue weighted by atomic mass is 79.9. The van der Waals surface area contributed by atoms with Crippen LogP contribution in [0.3, 0.4) is 0 Å². The van der Waals surface area contributed by atoms with Crippen molar-refractivity contribution in [2.45, 2.75) is 13.8 Å². The van der Waals surface area contributed by atoms with Crippen molar-refractivity contribution >= 4 is 49.3 Å². The van der Waals surface area contributed by atoms with E-state index >= 15 is 0 Å². The number of likely N-dealkylation sites (N-methyl/N-ethyl adjacent to an activating group) is 1. The monoisotopic (exact) mass is 453 g/mol. The summed E-state index contributed by atoms with van der Waals surface area (Å²) in [5, 5.41) is 5.74. The molecule has 0 aliphatic carbocycles. The molecule has 0 bridgehead atoms. The van der Waals surface area contributed by atoms with Gasteiger partial charge in [0.2, 0.25) is 0 Å². The number of carbonyl (C=O) groups is 1. The van der Waals surface area contributed by atoms with Crippen molar-refractivity contribution in [1.82, 2.24) is 5.32 Å². The number of urea groups is 1. The minimum Gasteiger partial charge on any atom is -0.370 e. The van der Waals surface area contributed by atoms with E-state index in [0.717, 1.165) is 27.7 Å². The second-order valence-corrected chi connectivity index (χ2v) is 7.19. The zero-order valence-corrected chi connectivity index (χ0v) is 16.9. The van der Waals surface area contributed by atoms with E-state index in [0.29, 0.717) is 6.54 Å². The van der Waals surface area contributed by atoms with E-state index in [4.69, 9.17) is 0 Å². The average Bonchev–Trinajstić information content (AvgIpc) is 2.54. The lowest BCUT2D eigenvalue weighted by Crippen LogP contribution is -2.37. The third-order valence-electron chi connectivity index (χ3n) is 3.60. The van der Waals surface area contributed by atoms with Gasteiger partial charge in [-0.3, -0.25) is 0 Å². The predicted molar refractivity (Wildman–Crippen MR) is 108 cm³/mol. The molecule has 24 heavy (non-hydrogen) atoms. The molecule has 0 heterocycles. The summed E-state index contributed by atoms with van der Waals surface area (Å²) in [5.74, 6) is 0. The third kappa shape index (κ3) is 5.53. The second kappa shape index (κ2) is 9.08. The van der Waals surface area contributed by atoms with Crippen LogP contribution in [0.25, 0.3) is 0 Å². The summed E-state index contributed by atoms with van der Waals surface area (Å²) < 4.78 is 1.79. The molecule has 0 fully saturated rings. The minimum absolute atomic E-state index is 0.210. The van der Waals surface area contributed by atoms with Gasteiger partial charge < -0.3 is 15.5 Å². The Morgan fingerprint density at radius 2 is 1.96 bits per heavy atom. The van der Waals surface area contributed by atoms with Crippen LogP contribution in [0.1, 0.15) is 12.5 Å². The van der Waals surface area contributed by atoms with Crippen molar-refractivity contribution < 1.29 is 4.79 Å². The molecular formula is C18H21Br2N3O. The lowest BCUT2D eigenvalue weighted by atomic mass is 10.2. The first-order valence-corrected chi connectivity index (χ1v) is 9.39. The average molecular weight is 455 g/mol. The number of amides is 2. The summed E-state index contributed by atoms with van der Waals surface area (Å²) in [6, 6.07) is 13.8. The van der Waals surface area contributed by atoms with Crippen molar-refractivity contribution in [2.24, 2.45) is 0 Å². The van der Waals surface area contributed by atoms with Crippen LogP contribution in [-0.4, -0.2) is 25.7 Å². The summed E-state index contributed by atoms with van der Waals surface area (Å²) in [6.07, 6.45) is 0. The largest absolute Gasteiger partial charge is 0.370 e. The second-order valence-electron chi connectivity index (χ2n) is 5.42. The molecule has 0 saturated carbocycles. The summed E-state index contributed by atoms with van der Waals surface area (Å²) in [6.45, 7) is 6.42. The van der Waals surface area contributed by atoms with E-state index in [1.165, 1.54) is 11.3 Å². The van der Waals surface area contributed by atoms with E-state index in [2.05, 4.69) is 85.5 Å². The fourth-order valence-electron chi connectivity index (χ4n) is 2.36. The molecule has 2 amide bonds. The molecule has 0 aromatic heterocycles. The smallest absolute Gasteiger partial charge is 0.319 e. The molecule has 2 aromatic carbocycles. The van der Waals surface area contributed by atoms with Gasteiger partial charge in [0.1, 0.15) is 0 Å². The van der Waals surface area contributed by atoms with E-state index < -0.39 is 0 Å². The van der Waals surface area contributed by atoms with Crippen LogP contribution in [0.5, 0.6) is 0 Å². The van der Waals surface area contributed by atoms with Crippen LogP contribution in [0.2, 0.25) is 0 Å². The Hall–Kier alpha value is -1.53. The zero-order valence-electron chi connectivity index (χ0n) is 13.8. The minimum atomic E-state index is -0.210. The van der Waals surface area contributed by atoms with Crippen LogP contribution in [-0.2, 0) is 0 Å². The van der Waals surface area contributed by atoms with Gasteiger partial charge in [-0.15, -0.1) is 0 Å². The first kappa shape index (κ1) is 18.8. The molecule has 4 nitrogen and oxygen atoms in total.